The maximum atomic E-state index is 3.47. The smallest absolute Gasteiger partial charge is 0.0384 e. The summed E-state index contributed by atoms with van der Waals surface area (Å²) in [5.74, 6) is 0.457. The highest BCUT2D eigenvalue weighted by Gasteiger charge is 2.18. The summed E-state index contributed by atoms with van der Waals surface area (Å²) in [4.78, 5) is 0. The van der Waals surface area contributed by atoms with Gasteiger partial charge in [-0.05, 0) is 30.2 Å². The summed E-state index contributed by atoms with van der Waals surface area (Å²) < 4.78 is 0. The molecule has 106 valence electrons. The number of aryl methyl sites for hydroxylation is 1. The van der Waals surface area contributed by atoms with E-state index in [4.69, 9.17) is 0 Å². The minimum Gasteiger partial charge on any atom is -0.312 e. The molecule has 1 heteroatoms. The van der Waals surface area contributed by atoms with E-state index in [1.807, 2.05) is 7.05 Å². The fourth-order valence-corrected chi connectivity index (χ4v) is 2.83. The fraction of sp³-hybridized carbons (Fsp3) is 0.368. The third-order valence-electron chi connectivity index (χ3n) is 4.01. The third-order valence-corrected chi connectivity index (χ3v) is 4.01. The summed E-state index contributed by atoms with van der Waals surface area (Å²) in [6.45, 7) is 4.51. The quantitative estimate of drug-likeness (QED) is 0.799. The Morgan fingerprint density at radius 3 is 2.10 bits per heavy atom. The first-order valence-corrected chi connectivity index (χ1v) is 7.57. The highest BCUT2D eigenvalue weighted by Crippen LogP contribution is 2.30. The van der Waals surface area contributed by atoms with Gasteiger partial charge in [-0.25, -0.2) is 0 Å². The lowest BCUT2D eigenvalue weighted by Gasteiger charge is -2.24. The highest BCUT2D eigenvalue weighted by atomic mass is 14.9. The molecule has 2 aromatic carbocycles. The first-order chi connectivity index (χ1) is 9.76. The molecule has 20 heavy (non-hydrogen) atoms. The molecule has 0 saturated carbocycles. The molecule has 1 nitrogen and oxygen atoms in total. The molecule has 0 spiro atoms. The van der Waals surface area contributed by atoms with Crippen molar-refractivity contribution in [2.24, 2.45) is 0 Å². The van der Waals surface area contributed by atoms with Gasteiger partial charge in [0.15, 0.2) is 0 Å². The second-order valence-corrected chi connectivity index (χ2v) is 5.46. The minimum atomic E-state index is 0.355. The largest absolute Gasteiger partial charge is 0.312 e. The van der Waals surface area contributed by atoms with Gasteiger partial charge in [-0.15, -0.1) is 0 Å². The van der Waals surface area contributed by atoms with E-state index in [-0.39, 0.29) is 0 Å². The number of likely N-dealkylation sites (N-methyl/N-ethyl adjacent to an activating group) is 1. The Morgan fingerprint density at radius 2 is 1.55 bits per heavy atom. The van der Waals surface area contributed by atoms with Crippen LogP contribution in [0.1, 0.15) is 48.9 Å². The molecule has 0 aromatic heterocycles. The Bertz CT molecular complexity index is 501. The van der Waals surface area contributed by atoms with Gasteiger partial charge >= 0.3 is 0 Å². The van der Waals surface area contributed by atoms with Crippen LogP contribution in [0.5, 0.6) is 0 Å². The van der Waals surface area contributed by atoms with E-state index in [1.165, 1.54) is 29.5 Å². The van der Waals surface area contributed by atoms with Crippen LogP contribution >= 0.6 is 0 Å². The van der Waals surface area contributed by atoms with Gasteiger partial charge in [0.05, 0.1) is 0 Å². The van der Waals surface area contributed by atoms with Crippen molar-refractivity contribution in [3.8, 4) is 0 Å². The van der Waals surface area contributed by atoms with Gasteiger partial charge in [0.1, 0.15) is 0 Å². The van der Waals surface area contributed by atoms with E-state index >= 15 is 0 Å². The Morgan fingerprint density at radius 1 is 0.900 bits per heavy atom. The first-order valence-electron chi connectivity index (χ1n) is 7.57. The predicted molar refractivity (Wildman–Crippen MR) is 87.1 cm³/mol. The van der Waals surface area contributed by atoms with Gasteiger partial charge in [0, 0.05) is 12.0 Å². The molecular formula is C19H25N. The van der Waals surface area contributed by atoms with Crippen LogP contribution in [-0.2, 0) is 6.42 Å². The zero-order valence-electron chi connectivity index (χ0n) is 12.8. The monoisotopic (exact) mass is 267 g/mol. The molecule has 0 aliphatic heterocycles. The standard InChI is InChI=1S/C19H25N/c1-4-8-16-11-13-18(14-12-16)19(20-3)15(2)17-9-6-5-7-10-17/h5-7,9-15,19-20H,4,8H2,1-3H3. The summed E-state index contributed by atoms with van der Waals surface area (Å²) in [6, 6.07) is 20.1. The minimum absolute atomic E-state index is 0.355. The van der Waals surface area contributed by atoms with E-state index in [1.54, 1.807) is 0 Å². The van der Waals surface area contributed by atoms with Crippen molar-refractivity contribution in [1.82, 2.24) is 5.32 Å². The highest BCUT2D eigenvalue weighted by molar-refractivity contribution is 5.30. The lowest BCUT2D eigenvalue weighted by atomic mass is 9.88. The Hall–Kier alpha value is -1.60. The molecular weight excluding hydrogens is 242 g/mol. The number of hydrogen-bond acceptors (Lipinski definition) is 1. The molecule has 0 aliphatic rings. The molecule has 0 bridgehead atoms. The maximum absolute atomic E-state index is 3.47. The van der Waals surface area contributed by atoms with Gasteiger partial charge in [-0.2, -0.15) is 0 Å². The van der Waals surface area contributed by atoms with E-state index in [9.17, 15) is 0 Å². The molecule has 0 radical (unpaired) electrons. The molecule has 1 N–H and O–H groups in total. The van der Waals surface area contributed by atoms with Gasteiger partial charge in [0.2, 0.25) is 0 Å². The summed E-state index contributed by atoms with van der Waals surface area (Å²) in [7, 11) is 2.05. The van der Waals surface area contributed by atoms with Crippen LogP contribution in [0.15, 0.2) is 54.6 Å². The van der Waals surface area contributed by atoms with Crippen LogP contribution < -0.4 is 5.32 Å². The van der Waals surface area contributed by atoms with Crippen molar-refractivity contribution in [3.05, 3.63) is 71.3 Å². The topological polar surface area (TPSA) is 12.0 Å². The molecule has 0 heterocycles. The Kier molecular flexibility index (Phi) is 5.37. The van der Waals surface area contributed by atoms with Crippen LogP contribution in [0.4, 0.5) is 0 Å². The van der Waals surface area contributed by atoms with E-state index in [2.05, 4.69) is 73.8 Å². The molecule has 2 aromatic rings. The Balaban J connectivity index is 2.19. The van der Waals surface area contributed by atoms with Gasteiger partial charge in [0.25, 0.3) is 0 Å². The molecule has 0 aliphatic carbocycles. The number of nitrogens with one attached hydrogen (secondary N) is 1. The van der Waals surface area contributed by atoms with E-state index < -0.39 is 0 Å². The zero-order valence-corrected chi connectivity index (χ0v) is 12.8. The van der Waals surface area contributed by atoms with Crippen LogP contribution in [-0.4, -0.2) is 7.05 Å². The molecule has 2 atom stereocenters. The van der Waals surface area contributed by atoms with Crippen LogP contribution in [0.3, 0.4) is 0 Å². The fourth-order valence-electron chi connectivity index (χ4n) is 2.83. The van der Waals surface area contributed by atoms with Crippen molar-refractivity contribution in [2.45, 2.75) is 38.6 Å². The van der Waals surface area contributed by atoms with Crippen LogP contribution in [0.2, 0.25) is 0 Å². The van der Waals surface area contributed by atoms with Crippen molar-refractivity contribution in [3.63, 3.8) is 0 Å². The van der Waals surface area contributed by atoms with E-state index in [0.29, 0.717) is 12.0 Å². The molecule has 0 saturated heterocycles. The average molecular weight is 267 g/mol. The van der Waals surface area contributed by atoms with Crippen molar-refractivity contribution < 1.29 is 0 Å². The molecule has 2 unspecified atom stereocenters. The molecule has 2 rings (SSSR count). The Labute approximate surface area is 123 Å². The lowest BCUT2D eigenvalue weighted by molar-refractivity contribution is 0.508. The molecule has 0 amide bonds. The summed E-state index contributed by atoms with van der Waals surface area (Å²) >= 11 is 0. The third kappa shape index (κ3) is 3.49. The maximum Gasteiger partial charge on any atom is 0.0384 e. The second-order valence-electron chi connectivity index (χ2n) is 5.46. The van der Waals surface area contributed by atoms with Crippen molar-refractivity contribution >= 4 is 0 Å². The first kappa shape index (κ1) is 14.8. The summed E-state index contributed by atoms with van der Waals surface area (Å²) in [5.41, 5.74) is 4.17. The SMILES string of the molecule is CCCc1ccc(C(NC)C(C)c2ccccc2)cc1. The number of rotatable bonds is 6. The summed E-state index contributed by atoms with van der Waals surface area (Å²) in [5, 5.41) is 3.47. The van der Waals surface area contributed by atoms with Gasteiger partial charge in [-0.1, -0.05) is 74.9 Å². The van der Waals surface area contributed by atoms with Gasteiger partial charge in [-0.3, -0.25) is 0 Å². The van der Waals surface area contributed by atoms with Crippen molar-refractivity contribution in [2.75, 3.05) is 7.05 Å². The van der Waals surface area contributed by atoms with Crippen molar-refractivity contribution in [1.29, 1.82) is 0 Å². The number of benzene rings is 2. The van der Waals surface area contributed by atoms with Gasteiger partial charge < -0.3 is 5.32 Å². The normalized spacial score (nSPS) is 13.9. The van der Waals surface area contributed by atoms with Crippen LogP contribution in [0.25, 0.3) is 0 Å². The average Bonchev–Trinajstić information content (AvgIpc) is 2.51. The second kappa shape index (κ2) is 7.25. The predicted octanol–water partition coefficient (Wildman–Crippen LogP) is 4.70. The molecule has 0 fully saturated rings. The lowest BCUT2D eigenvalue weighted by Crippen LogP contribution is -2.22. The summed E-state index contributed by atoms with van der Waals surface area (Å²) in [6.07, 6.45) is 2.37. The van der Waals surface area contributed by atoms with Crippen LogP contribution in [0, 0.1) is 0 Å². The number of hydrogen-bond donors (Lipinski definition) is 1. The zero-order chi connectivity index (χ0) is 14.4. The van der Waals surface area contributed by atoms with E-state index in [0.717, 1.165) is 0 Å².